The SMILES string of the molecule is CC[C@H](OC(=O)[C@H](C(C)C)N1C(=O)[C@@H]2[C@H](C1=O)C1(Cl)c3ccccc3C2(Cl)c2ccccc21)C(=O)c1ccccc1. The molecule has 41 heavy (non-hydrogen) atoms. The number of Topliss-reactive ketones (excluding diaryl/α,β-unsaturated/α-hetero) is 1. The number of hydrogen-bond acceptors (Lipinski definition) is 5. The topological polar surface area (TPSA) is 80.8 Å². The molecule has 0 saturated carbocycles. The molecule has 3 aliphatic carbocycles. The summed E-state index contributed by atoms with van der Waals surface area (Å²) in [6.45, 7) is 5.21. The Hall–Kier alpha value is -3.48. The summed E-state index contributed by atoms with van der Waals surface area (Å²) in [6, 6.07) is 22.0. The lowest BCUT2D eigenvalue weighted by atomic mass is 9.54. The van der Waals surface area contributed by atoms with Crippen molar-refractivity contribution in [3.05, 3.63) is 107 Å². The van der Waals surface area contributed by atoms with E-state index in [2.05, 4.69) is 0 Å². The first-order valence-electron chi connectivity index (χ1n) is 13.8. The summed E-state index contributed by atoms with van der Waals surface area (Å²) in [6.07, 6.45) is -0.831. The van der Waals surface area contributed by atoms with Gasteiger partial charge >= 0.3 is 5.97 Å². The number of hydrogen-bond donors (Lipinski definition) is 0. The number of likely N-dealkylation sites (tertiary alicyclic amines) is 1. The number of ether oxygens (including phenoxy) is 1. The lowest BCUT2D eigenvalue weighted by Gasteiger charge is -2.54. The summed E-state index contributed by atoms with van der Waals surface area (Å²) >= 11 is 15.0. The third-order valence-corrected chi connectivity index (χ3v) is 10.0. The number of nitrogens with zero attached hydrogens (tertiary/aromatic N) is 1. The maximum Gasteiger partial charge on any atom is 0.330 e. The highest BCUT2D eigenvalue weighted by Crippen LogP contribution is 2.69. The van der Waals surface area contributed by atoms with Gasteiger partial charge < -0.3 is 4.74 Å². The fourth-order valence-electron chi connectivity index (χ4n) is 6.96. The van der Waals surface area contributed by atoms with Gasteiger partial charge in [-0.3, -0.25) is 19.3 Å². The number of rotatable bonds is 7. The van der Waals surface area contributed by atoms with Crippen LogP contribution in [0.4, 0.5) is 0 Å². The Bertz CT molecular complexity index is 1460. The Morgan fingerprint density at radius 1 is 0.780 bits per heavy atom. The molecule has 6 nitrogen and oxygen atoms in total. The summed E-state index contributed by atoms with van der Waals surface area (Å²) < 4.78 is 5.74. The van der Waals surface area contributed by atoms with Crippen molar-refractivity contribution >= 4 is 46.8 Å². The minimum atomic E-state index is -1.35. The molecule has 4 aliphatic rings. The fraction of sp³-hybridized carbons (Fsp3) is 0.333. The minimum Gasteiger partial charge on any atom is -0.452 e. The van der Waals surface area contributed by atoms with Crippen molar-refractivity contribution in [1.82, 2.24) is 4.90 Å². The third kappa shape index (κ3) is 3.70. The van der Waals surface area contributed by atoms with Crippen molar-refractivity contribution in [2.75, 3.05) is 0 Å². The molecule has 0 aromatic heterocycles. The van der Waals surface area contributed by atoms with Crippen LogP contribution in [-0.2, 0) is 28.9 Å². The summed E-state index contributed by atoms with van der Waals surface area (Å²) in [5.41, 5.74) is 3.14. The van der Waals surface area contributed by atoms with E-state index < -0.39 is 57.4 Å². The van der Waals surface area contributed by atoms with Crippen LogP contribution in [0.25, 0.3) is 0 Å². The van der Waals surface area contributed by atoms with Gasteiger partial charge in [0, 0.05) is 5.56 Å². The zero-order valence-electron chi connectivity index (χ0n) is 22.8. The highest BCUT2D eigenvalue weighted by molar-refractivity contribution is 6.36. The van der Waals surface area contributed by atoms with Crippen LogP contribution in [0.15, 0.2) is 78.9 Å². The first kappa shape index (κ1) is 27.7. The number of halogens is 2. The van der Waals surface area contributed by atoms with Crippen molar-refractivity contribution in [3.8, 4) is 0 Å². The highest BCUT2D eigenvalue weighted by Gasteiger charge is 2.74. The van der Waals surface area contributed by atoms with Crippen LogP contribution in [0, 0.1) is 17.8 Å². The number of ketones is 1. The van der Waals surface area contributed by atoms with Crippen LogP contribution in [-0.4, -0.2) is 40.6 Å². The Labute approximate surface area is 248 Å². The zero-order chi connectivity index (χ0) is 29.3. The molecule has 3 aromatic rings. The van der Waals surface area contributed by atoms with Crippen LogP contribution in [0.3, 0.4) is 0 Å². The lowest BCUT2D eigenvalue weighted by molar-refractivity contribution is -0.163. The number of esters is 1. The zero-order valence-corrected chi connectivity index (χ0v) is 24.4. The molecule has 0 spiro atoms. The van der Waals surface area contributed by atoms with Gasteiger partial charge in [0.2, 0.25) is 17.6 Å². The molecule has 8 heteroatoms. The van der Waals surface area contributed by atoms with E-state index in [1.165, 1.54) is 0 Å². The predicted octanol–water partition coefficient (Wildman–Crippen LogP) is 5.81. The molecular formula is C33H29Cl2NO5. The molecule has 4 atom stereocenters. The van der Waals surface area contributed by atoms with E-state index >= 15 is 0 Å². The third-order valence-electron chi connectivity index (χ3n) is 8.75. The highest BCUT2D eigenvalue weighted by atomic mass is 35.5. The van der Waals surface area contributed by atoms with E-state index in [0.717, 1.165) is 4.90 Å². The molecule has 1 aliphatic heterocycles. The van der Waals surface area contributed by atoms with Crippen LogP contribution in [0.2, 0.25) is 0 Å². The van der Waals surface area contributed by atoms with Gasteiger partial charge in [0.25, 0.3) is 0 Å². The molecule has 210 valence electrons. The molecule has 0 radical (unpaired) electrons. The van der Waals surface area contributed by atoms with Crippen molar-refractivity contribution in [3.63, 3.8) is 0 Å². The van der Waals surface area contributed by atoms with E-state index in [1.807, 2.05) is 48.5 Å². The Balaban J connectivity index is 1.41. The van der Waals surface area contributed by atoms with Crippen LogP contribution >= 0.6 is 23.2 Å². The van der Waals surface area contributed by atoms with Crippen LogP contribution in [0.5, 0.6) is 0 Å². The smallest absolute Gasteiger partial charge is 0.330 e. The standard InChI is InChI=1S/C33H29Cl2NO5/c1-4-24(28(37)19-12-6-5-7-13-19)41-31(40)27(18(2)3)36-29(38)25-26(30(36)39)33(35)21-15-9-8-14-20(21)32(25,34)22-16-10-11-17-23(22)33/h5-18,24-27H,4H2,1-3H3/t24-,25-,26+,27-,32?,33?/m0/s1. The maximum atomic E-state index is 14.4. The molecule has 3 aromatic carbocycles. The molecule has 1 heterocycles. The molecule has 2 amide bonds. The average Bonchev–Trinajstić information content (AvgIpc) is 3.25. The fourth-order valence-corrected chi connectivity index (χ4v) is 8.06. The van der Waals surface area contributed by atoms with E-state index in [-0.39, 0.29) is 12.2 Å². The van der Waals surface area contributed by atoms with Crippen molar-refractivity contribution in [2.24, 2.45) is 17.8 Å². The first-order valence-corrected chi connectivity index (χ1v) is 14.6. The second kappa shape index (κ2) is 9.81. The van der Waals surface area contributed by atoms with E-state index in [9.17, 15) is 19.2 Å². The predicted molar refractivity (Wildman–Crippen MR) is 155 cm³/mol. The molecule has 0 unspecified atom stereocenters. The number of benzene rings is 3. The first-order chi connectivity index (χ1) is 19.6. The van der Waals surface area contributed by atoms with E-state index in [4.69, 9.17) is 27.9 Å². The summed E-state index contributed by atoms with van der Waals surface area (Å²) in [7, 11) is 0. The Kier molecular flexibility index (Phi) is 6.63. The normalized spacial score (nSPS) is 27.2. The number of amides is 2. The molecule has 1 fully saturated rings. The molecule has 7 rings (SSSR count). The number of carbonyl (C=O) groups excluding carboxylic acids is 4. The van der Waals surface area contributed by atoms with Gasteiger partial charge in [-0.2, -0.15) is 0 Å². The van der Waals surface area contributed by atoms with Crippen LogP contribution < -0.4 is 0 Å². The summed E-state index contributed by atoms with van der Waals surface area (Å²) in [5, 5.41) is 0. The molecule has 0 N–H and O–H groups in total. The van der Waals surface area contributed by atoms with Gasteiger partial charge in [0.15, 0.2) is 6.10 Å². The van der Waals surface area contributed by atoms with Gasteiger partial charge in [-0.05, 0) is 34.6 Å². The van der Waals surface area contributed by atoms with Gasteiger partial charge in [-0.1, -0.05) is 99.6 Å². The average molecular weight is 591 g/mol. The second-order valence-electron chi connectivity index (χ2n) is 11.3. The largest absolute Gasteiger partial charge is 0.452 e. The second-order valence-corrected chi connectivity index (χ2v) is 12.5. The quantitative estimate of drug-likeness (QED) is 0.150. The van der Waals surface area contributed by atoms with Gasteiger partial charge in [0.05, 0.1) is 11.8 Å². The summed E-state index contributed by atoms with van der Waals surface area (Å²) in [5.74, 6) is -4.85. The van der Waals surface area contributed by atoms with Gasteiger partial charge in [-0.15, -0.1) is 23.2 Å². The van der Waals surface area contributed by atoms with Crippen molar-refractivity contribution < 1.29 is 23.9 Å². The number of imide groups is 1. The van der Waals surface area contributed by atoms with Crippen molar-refractivity contribution in [1.29, 1.82) is 0 Å². The minimum absolute atomic E-state index is 0.234. The lowest BCUT2D eigenvalue weighted by Crippen LogP contribution is -2.57. The Morgan fingerprint density at radius 3 is 1.59 bits per heavy atom. The van der Waals surface area contributed by atoms with Crippen LogP contribution in [0.1, 0.15) is 59.8 Å². The van der Waals surface area contributed by atoms with E-state index in [0.29, 0.717) is 27.8 Å². The number of alkyl halides is 2. The Morgan fingerprint density at radius 2 is 1.20 bits per heavy atom. The monoisotopic (exact) mass is 589 g/mol. The van der Waals surface area contributed by atoms with Gasteiger partial charge in [0.1, 0.15) is 15.8 Å². The van der Waals surface area contributed by atoms with Gasteiger partial charge in [-0.25, -0.2) is 4.79 Å². The number of carbonyl (C=O) groups is 4. The molecular weight excluding hydrogens is 561 g/mol. The van der Waals surface area contributed by atoms with E-state index in [1.54, 1.807) is 51.1 Å². The molecule has 2 bridgehead atoms. The van der Waals surface area contributed by atoms with Crippen molar-refractivity contribution in [2.45, 2.75) is 49.1 Å². The molecule has 1 saturated heterocycles. The maximum absolute atomic E-state index is 14.4. The summed E-state index contributed by atoms with van der Waals surface area (Å²) in [4.78, 5) is 53.9.